The molecule has 0 aliphatic carbocycles. The van der Waals surface area contributed by atoms with Crippen molar-refractivity contribution >= 4 is 52.8 Å². The van der Waals surface area contributed by atoms with Crippen LogP contribution in [0, 0.1) is 0 Å². The molecule has 0 bridgehead atoms. The van der Waals surface area contributed by atoms with Crippen molar-refractivity contribution in [2.75, 3.05) is 18.5 Å². The molecule has 33 heavy (non-hydrogen) atoms. The maximum Gasteiger partial charge on any atom is 0.332 e. The van der Waals surface area contributed by atoms with Gasteiger partial charge in [-0.05, 0) is 32.4 Å². The van der Waals surface area contributed by atoms with Crippen LogP contribution in [0.3, 0.4) is 0 Å². The van der Waals surface area contributed by atoms with E-state index in [0.29, 0.717) is 16.9 Å². The smallest absolute Gasteiger partial charge is 0.332 e. The number of alkyl halides is 1. The van der Waals surface area contributed by atoms with Crippen LogP contribution in [-0.4, -0.2) is 64.0 Å². The number of carbonyl (C=O) groups excluding carboxylic acids is 4. The number of hydrogen-bond donors (Lipinski definition) is 2. The number of benzene rings is 1. The van der Waals surface area contributed by atoms with Gasteiger partial charge in [-0.1, -0.05) is 29.8 Å². The summed E-state index contributed by atoms with van der Waals surface area (Å²) in [7, 11) is 1.29. The number of carbonyl (C=O) groups is 4. The Hall–Kier alpha value is -2.72. The van der Waals surface area contributed by atoms with Crippen molar-refractivity contribution in [3.05, 3.63) is 41.6 Å². The molecule has 0 aromatic heterocycles. The highest BCUT2D eigenvalue weighted by molar-refractivity contribution is 8.01. The van der Waals surface area contributed by atoms with E-state index in [9.17, 15) is 19.2 Å². The number of methoxy groups -OCH3 is 1. The van der Waals surface area contributed by atoms with E-state index in [-0.39, 0.29) is 29.7 Å². The SMILES string of the molecule is COC(=O)/C=C(\C)Nc1ccccc1CC(=O)NC1C(=O)N2[C@@H]1SC(C)(C)[C@@H]2C(=O)OCCl. The standard InChI is InChI=1S/C22H26ClN3O6S/c1-12(9-16(28)31-4)24-14-8-6-5-7-13(14)10-15(27)25-17-19(29)26-18(21(30)32-11-23)22(2,3)33-20(17)26/h5-9,17-18,20,24H,10-11H2,1-4H3,(H,25,27)/b12-9+/t17?,18-,20+/m0/s1. The molecule has 2 saturated heterocycles. The summed E-state index contributed by atoms with van der Waals surface area (Å²) >= 11 is 6.96. The lowest BCUT2D eigenvalue weighted by atomic mass is 9.96. The highest BCUT2D eigenvalue weighted by atomic mass is 35.5. The van der Waals surface area contributed by atoms with Gasteiger partial charge < -0.3 is 25.0 Å². The molecule has 3 atom stereocenters. The Labute approximate surface area is 201 Å². The quantitative estimate of drug-likeness (QED) is 0.243. The van der Waals surface area contributed by atoms with Gasteiger partial charge in [-0.15, -0.1) is 11.8 Å². The number of para-hydroxylation sites is 1. The van der Waals surface area contributed by atoms with Gasteiger partial charge in [-0.25, -0.2) is 9.59 Å². The van der Waals surface area contributed by atoms with Gasteiger partial charge >= 0.3 is 11.9 Å². The lowest BCUT2D eigenvalue weighted by Gasteiger charge is -2.43. The van der Waals surface area contributed by atoms with E-state index in [1.807, 2.05) is 13.8 Å². The van der Waals surface area contributed by atoms with Gasteiger partial charge in [0.05, 0.1) is 13.5 Å². The van der Waals surface area contributed by atoms with Crippen LogP contribution in [0.15, 0.2) is 36.0 Å². The monoisotopic (exact) mass is 495 g/mol. The number of ether oxygens (including phenoxy) is 2. The van der Waals surface area contributed by atoms with Crippen molar-refractivity contribution in [2.45, 2.75) is 49.4 Å². The fourth-order valence-corrected chi connectivity index (χ4v) is 5.67. The highest BCUT2D eigenvalue weighted by Crippen LogP contribution is 2.51. The lowest BCUT2D eigenvalue weighted by Crippen LogP contribution is -2.70. The maximum absolute atomic E-state index is 12.8. The summed E-state index contributed by atoms with van der Waals surface area (Å²) in [6.45, 7) is 5.42. The average Bonchev–Trinajstić information content (AvgIpc) is 3.01. The van der Waals surface area contributed by atoms with Gasteiger partial charge in [0.25, 0.3) is 0 Å². The molecule has 1 aromatic rings. The van der Waals surface area contributed by atoms with Crippen molar-refractivity contribution in [1.82, 2.24) is 10.2 Å². The molecule has 178 valence electrons. The van der Waals surface area contributed by atoms with E-state index >= 15 is 0 Å². The molecule has 2 aliphatic heterocycles. The topological polar surface area (TPSA) is 114 Å². The van der Waals surface area contributed by atoms with Crippen LogP contribution in [0.4, 0.5) is 5.69 Å². The summed E-state index contributed by atoms with van der Waals surface area (Å²) < 4.78 is 8.96. The molecule has 0 radical (unpaired) electrons. The molecule has 2 aliphatic rings. The van der Waals surface area contributed by atoms with Gasteiger partial charge in [0.2, 0.25) is 11.8 Å². The van der Waals surface area contributed by atoms with E-state index < -0.39 is 28.8 Å². The van der Waals surface area contributed by atoms with Crippen LogP contribution in [-0.2, 0) is 35.1 Å². The molecule has 1 aromatic carbocycles. The number of hydrogen-bond acceptors (Lipinski definition) is 8. The largest absolute Gasteiger partial charge is 0.466 e. The van der Waals surface area contributed by atoms with E-state index in [0.717, 1.165) is 0 Å². The molecule has 2 amide bonds. The predicted molar refractivity (Wildman–Crippen MR) is 124 cm³/mol. The Balaban J connectivity index is 1.66. The average molecular weight is 496 g/mol. The van der Waals surface area contributed by atoms with E-state index in [1.165, 1.54) is 29.8 Å². The molecule has 9 nitrogen and oxygen atoms in total. The molecule has 2 N–H and O–H groups in total. The van der Waals surface area contributed by atoms with Crippen molar-refractivity contribution in [3.8, 4) is 0 Å². The summed E-state index contributed by atoms with van der Waals surface area (Å²) in [6.07, 6.45) is 1.33. The van der Waals surface area contributed by atoms with E-state index in [4.69, 9.17) is 16.3 Å². The van der Waals surface area contributed by atoms with Gasteiger partial charge in [0.1, 0.15) is 17.5 Å². The Kier molecular flexibility index (Phi) is 7.58. The molecule has 1 unspecified atom stereocenters. The Morgan fingerprint density at radius 2 is 1.97 bits per heavy atom. The number of esters is 2. The Bertz CT molecular complexity index is 998. The molecule has 2 fully saturated rings. The second-order valence-corrected chi connectivity index (χ2v) is 10.2. The van der Waals surface area contributed by atoms with Crippen molar-refractivity contribution < 1.29 is 28.7 Å². The number of nitrogens with one attached hydrogen (secondary N) is 2. The molecule has 3 rings (SSSR count). The minimum atomic E-state index is -0.763. The first-order valence-electron chi connectivity index (χ1n) is 10.2. The third-order valence-corrected chi connectivity index (χ3v) is 7.09. The van der Waals surface area contributed by atoms with Crippen LogP contribution in [0.5, 0.6) is 0 Å². The normalized spacial score (nSPS) is 23.3. The first-order valence-corrected chi connectivity index (χ1v) is 11.6. The fourth-order valence-electron chi connectivity index (χ4n) is 3.94. The van der Waals surface area contributed by atoms with Gasteiger partial charge in [-0.2, -0.15) is 0 Å². The van der Waals surface area contributed by atoms with Crippen LogP contribution in [0.2, 0.25) is 0 Å². The summed E-state index contributed by atoms with van der Waals surface area (Å²) in [4.78, 5) is 50.8. The number of halogens is 1. The van der Waals surface area contributed by atoms with E-state index in [1.54, 1.807) is 31.2 Å². The zero-order valence-corrected chi connectivity index (χ0v) is 20.3. The molecule has 0 spiro atoms. The zero-order chi connectivity index (χ0) is 24.3. The van der Waals surface area contributed by atoms with Crippen LogP contribution in [0.1, 0.15) is 26.3 Å². The first-order chi connectivity index (χ1) is 15.6. The third kappa shape index (κ3) is 5.27. The number of amides is 2. The number of allylic oxidation sites excluding steroid dienone is 1. The Morgan fingerprint density at radius 1 is 1.27 bits per heavy atom. The molecular weight excluding hydrogens is 470 g/mol. The molecule has 11 heteroatoms. The number of thioether (sulfide) groups is 1. The van der Waals surface area contributed by atoms with Gasteiger partial charge in [0.15, 0.2) is 6.07 Å². The highest BCUT2D eigenvalue weighted by Gasteiger charge is 2.64. The van der Waals surface area contributed by atoms with Crippen molar-refractivity contribution in [1.29, 1.82) is 0 Å². The third-order valence-electron chi connectivity index (χ3n) is 5.41. The number of fused-ring (bicyclic) bond motifs is 1. The second kappa shape index (κ2) is 10.0. The van der Waals surface area contributed by atoms with Gasteiger partial charge in [0, 0.05) is 22.2 Å². The second-order valence-electron chi connectivity index (χ2n) is 8.19. The summed E-state index contributed by atoms with van der Waals surface area (Å²) in [6, 6.07) is 5.40. The zero-order valence-electron chi connectivity index (χ0n) is 18.7. The van der Waals surface area contributed by atoms with Crippen LogP contribution >= 0.6 is 23.4 Å². The number of nitrogens with zero attached hydrogens (tertiary/aromatic N) is 1. The number of β-lactam (4-membered cyclic amide) rings is 1. The van der Waals surface area contributed by atoms with Crippen molar-refractivity contribution in [3.63, 3.8) is 0 Å². The minimum absolute atomic E-state index is 0.0248. The predicted octanol–water partition coefficient (Wildman–Crippen LogP) is 2.00. The number of anilines is 1. The number of rotatable bonds is 8. The molecular formula is C22H26ClN3O6S. The maximum atomic E-state index is 12.8. The fraction of sp³-hybridized carbons (Fsp3) is 0.455. The molecule has 0 saturated carbocycles. The first kappa shape index (κ1) is 24.9. The minimum Gasteiger partial charge on any atom is -0.466 e. The summed E-state index contributed by atoms with van der Waals surface area (Å²) in [5.74, 6) is -1.71. The summed E-state index contributed by atoms with van der Waals surface area (Å²) in [5.41, 5.74) is 1.91. The summed E-state index contributed by atoms with van der Waals surface area (Å²) in [5, 5.41) is 5.52. The van der Waals surface area contributed by atoms with E-state index in [2.05, 4.69) is 15.4 Å². The van der Waals surface area contributed by atoms with Crippen molar-refractivity contribution in [2.24, 2.45) is 0 Å². The Morgan fingerprint density at radius 3 is 2.64 bits per heavy atom. The van der Waals surface area contributed by atoms with Crippen LogP contribution in [0.25, 0.3) is 0 Å². The lowest BCUT2D eigenvalue weighted by molar-refractivity contribution is -0.163. The van der Waals surface area contributed by atoms with Gasteiger partial charge in [-0.3, -0.25) is 9.59 Å². The van der Waals surface area contributed by atoms with Crippen LogP contribution < -0.4 is 10.6 Å². The molecule has 2 heterocycles.